The molecule has 1 aliphatic carbocycles. The second kappa shape index (κ2) is 5.23. The SMILES string of the molecule is CCOC(=O)C(=O)NC1CCC(F)(F)CC1. The molecule has 4 nitrogen and oxygen atoms in total. The fourth-order valence-corrected chi connectivity index (χ4v) is 1.63. The third-order valence-electron chi connectivity index (χ3n) is 2.51. The molecule has 0 aromatic heterocycles. The Labute approximate surface area is 92.3 Å². The molecule has 0 bridgehead atoms. The molecule has 6 heteroatoms. The molecule has 0 spiro atoms. The topological polar surface area (TPSA) is 55.4 Å². The monoisotopic (exact) mass is 235 g/mol. The Morgan fingerprint density at radius 1 is 1.38 bits per heavy atom. The molecule has 1 fully saturated rings. The summed E-state index contributed by atoms with van der Waals surface area (Å²) < 4.78 is 30.1. The lowest BCUT2D eigenvalue weighted by molar-refractivity contribution is -0.155. The van der Waals surface area contributed by atoms with Crippen LogP contribution in [0.2, 0.25) is 0 Å². The number of rotatable bonds is 2. The first-order chi connectivity index (χ1) is 7.44. The maximum atomic E-state index is 12.8. The third-order valence-corrected chi connectivity index (χ3v) is 2.51. The van der Waals surface area contributed by atoms with E-state index in [1.165, 1.54) is 0 Å². The highest BCUT2D eigenvalue weighted by molar-refractivity contribution is 6.32. The molecule has 0 heterocycles. The highest BCUT2D eigenvalue weighted by Crippen LogP contribution is 2.32. The number of ether oxygens (including phenoxy) is 1. The summed E-state index contributed by atoms with van der Waals surface area (Å²) in [6.07, 6.45) is -0.113. The average molecular weight is 235 g/mol. The number of nitrogens with one attached hydrogen (secondary N) is 1. The van der Waals surface area contributed by atoms with E-state index in [1.54, 1.807) is 6.92 Å². The molecule has 1 saturated carbocycles. The van der Waals surface area contributed by atoms with E-state index in [2.05, 4.69) is 10.1 Å². The van der Waals surface area contributed by atoms with E-state index in [0.29, 0.717) is 0 Å². The van der Waals surface area contributed by atoms with Crippen molar-refractivity contribution >= 4 is 11.9 Å². The predicted octanol–water partition coefficient (Wildman–Crippen LogP) is 1.24. The Bertz CT molecular complexity index is 271. The smallest absolute Gasteiger partial charge is 0.396 e. The predicted molar refractivity (Wildman–Crippen MR) is 52.0 cm³/mol. The first-order valence-corrected chi connectivity index (χ1v) is 5.30. The summed E-state index contributed by atoms with van der Waals surface area (Å²) >= 11 is 0. The first-order valence-electron chi connectivity index (χ1n) is 5.30. The maximum absolute atomic E-state index is 12.8. The van der Waals surface area contributed by atoms with Crippen LogP contribution in [0, 0.1) is 0 Å². The summed E-state index contributed by atoms with van der Waals surface area (Å²) in [5.41, 5.74) is 0. The van der Waals surface area contributed by atoms with Crippen molar-refractivity contribution in [1.29, 1.82) is 0 Å². The van der Waals surface area contributed by atoms with Gasteiger partial charge < -0.3 is 10.1 Å². The molecule has 0 aliphatic heterocycles. The largest absolute Gasteiger partial charge is 0.459 e. The zero-order valence-corrected chi connectivity index (χ0v) is 9.09. The Morgan fingerprint density at radius 2 is 1.94 bits per heavy atom. The molecule has 1 aliphatic rings. The normalized spacial score (nSPS) is 20.2. The first kappa shape index (κ1) is 12.9. The van der Waals surface area contributed by atoms with E-state index >= 15 is 0 Å². The molecule has 0 atom stereocenters. The van der Waals surface area contributed by atoms with Crippen LogP contribution in [0.25, 0.3) is 0 Å². The molecule has 0 saturated heterocycles. The highest BCUT2D eigenvalue weighted by Gasteiger charge is 2.35. The molecule has 92 valence electrons. The molecule has 1 rings (SSSR count). The van der Waals surface area contributed by atoms with Crippen LogP contribution in [0.5, 0.6) is 0 Å². The van der Waals surface area contributed by atoms with E-state index < -0.39 is 17.8 Å². The van der Waals surface area contributed by atoms with Crippen molar-refractivity contribution in [3.05, 3.63) is 0 Å². The van der Waals surface area contributed by atoms with Crippen molar-refractivity contribution in [1.82, 2.24) is 5.32 Å². The third kappa shape index (κ3) is 3.75. The van der Waals surface area contributed by atoms with Crippen molar-refractivity contribution in [3.8, 4) is 0 Å². The van der Waals surface area contributed by atoms with Crippen LogP contribution < -0.4 is 5.32 Å². The molecule has 0 aromatic carbocycles. The zero-order valence-electron chi connectivity index (χ0n) is 9.09. The van der Waals surface area contributed by atoms with Gasteiger partial charge in [0, 0.05) is 18.9 Å². The number of alkyl halides is 2. The molecule has 16 heavy (non-hydrogen) atoms. The van der Waals surface area contributed by atoms with Crippen LogP contribution in [0.15, 0.2) is 0 Å². The number of carbonyl (C=O) groups excluding carboxylic acids is 2. The number of halogens is 2. The van der Waals surface area contributed by atoms with Gasteiger partial charge in [-0.05, 0) is 19.8 Å². The highest BCUT2D eigenvalue weighted by atomic mass is 19.3. The van der Waals surface area contributed by atoms with Gasteiger partial charge >= 0.3 is 11.9 Å². The van der Waals surface area contributed by atoms with Gasteiger partial charge in [-0.2, -0.15) is 0 Å². The minimum atomic E-state index is -2.63. The van der Waals surface area contributed by atoms with Crippen molar-refractivity contribution in [3.63, 3.8) is 0 Å². The Morgan fingerprint density at radius 3 is 2.44 bits per heavy atom. The van der Waals surface area contributed by atoms with Gasteiger partial charge in [0.2, 0.25) is 5.92 Å². The van der Waals surface area contributed by atoms with Crippen LogP contribution in [0.3, 0.4) is 0 Å². The molecule has 0 radical (unpaired) electrons. The fourth-order valence-electron chi connectivity index (χ4n) is 1.63. The van der Waals surface area contributed by atoms with E-state index in [0.717, 1.165) is 0 Å². The van der Waals surface area contributed by atoms with Crippen LogP contribution >= 0.6 is 0 Å². The van der Waals surface area contributed by atoms with Crippen LogP contribution in [-0.4, -0.2) is 30.4 Å². The van der Waals surface area contributed by atoms with Crippen LogP contribution in [0.4, 0.5) is 8.78 Å². The Hall–Kier alpha value is -1.20. The quantitative estimate of drug-likeness (QED) is 0.578. The van der Waals surface area contributed by atoms with Gasteiger partial charge in [-0.25, -0.2) is 13.6 Å². The minimum Gasteiger partial charge on any atom is -0.459 e. The second-order valence-electron chi connectivity index (χ2n) is 3.82. The molecule has 1 amide bonds. The van der Waals surface area contributed by atoms with Gasteiger partial charge in [0.1, 0.15) is 0 Å². The van der Waals surface area contributed by atoms with Gasteiger partial charge in [-0.1, -0.05) is 0 Å². The summed E-state index contributed by atoms with van der Waals surface area (Å²) in [6, 6.07) is -0.350. The van der Waals surface area contributed by atoms with Gasteiger partial charge in [0.25, 0.3) is 0 Å². The number of carbonyl (C=O) groups is 2. The molecule has 0 unspecified atom stereocenters. The summed E-state index contributed by atoms with van der Waals surface area (Å²) in [4.78, 5) is 22.2. The lowest BCUT2D eigenvalue weighted by atomic mass is 9.92. The maximum Gasteiger partial charge on any atom is 0.396 e. The molecular weight excluding hydrogens is 220 g/mol. The molecular formula is C10H15F2NO3. The standard InChI is InChI=1S/C10H15F2NO3/c1-2-16-9(15)8(14)13-7-3-5-10(11,12)6-4-7/h7H,2-6H2,1H3,(H,13,14). The number of hydrogen-bond donors (Lipinski definition) is 1. The van der Waals surface area contributed by atoms with Crippen molar-refractivity contribution in [2.75, 3.05) is 6.61 Å². The summed E-state index contributed by atoms with van der Waals surface area (Å²) in [7, 11) is 0. The van der Waals surface area contributed by atoms with Gasteiger partial charge in [0.15, 0.2) is 0 Å². The average Bonchev–Trinajstić information content (AvgIpc) is 2.21. The number of amides is 1. The Kier molecular flexibility index (Phi) is 4.20. The summed E-state index contributed by atoms with van der Waals surface area (Å²) in [5, 5.41) is 2.39. The lowest BCUT2D eigenvalue weighted by Crippen LogP contribution is -2.43. The van der Waals surface area contributed by atoms with Crippen LogP contribution in [-0.2, 0) is 14.3 Å². The second-order valence-corrected chi connectivity index (χ2v) is 3.82. The van der Waals surface area contributed by atoms with Crippen molar-refractivity contribution < 1.29 is 23.1 Å². The van der Waals surface area contributed by atoms with E-state index in [1.807, 2.05) is 0 Å². The van der Waals surface area contributed by atoms with Gasteiger partial charge in [-0.3, -0.25) is 4.79 Å². The van der Waals surface area contributed by atoms with E-state index in [4.69, 9.17) is 0 Å². The summed E-state index contributed by atoms with van der Waals surface area (Å²) in [6.45, 7) is 1.71. The number of hydrogen-bond acceptors (Lipinski definition) is 3. The zero-order chi connectivity index (χ0) is 12.2. The lowest BCUT2D eigenvalue weighted by Gasteiger charge is -2.28. The van der Waals surface area contributed by atoms with Crippen LogP contribution in [0.1, 0.15) is 32.6 Å². The molecule has 0 aromatic rings. The van der Waals surface area contributed by atoms with E-state index in [-0.39, 0.29) is 38.3 Å². The van der Waals surface area contributed by atoms with Gasteiger partial charge in [-0.15, -0.1) is 0 Å². The van der Waals surface area contributed by atoms with Crippen molar-refractivity contribution in [2.45, 2.75) is 44.6 Å². The van der Waals surface area contributed by atoms with E-state index in [9.17, 15) is 18.4 Å². The summed E-state index contributed by atoms with van der Waals surface area (Å²) in [5.74, 6) is -4.44. The number of esters is 1. The van der Waals surface area contributed by atoms with Gasteiger partial charge in [0.05, 0.1) is 6.61 Å². The Balaban J connectivity index is 2.34. The molecule has 1 N–H and O–H groups in total. The minimum absolute atomic E-state index is 0.120. The van der Waals surface area contributed by atoms with Crippen molar-refractivity contribution in [2.24, 2.45) is 0 Å². The fraction of sp³-hybridized carbons (Fsp3) is 0.800.